The molecule has 2 aromatic carbocycles. The standard InChI is InChI=1S/C35H43F3N6O6S/c1-33(2,3)50-32(47)40-24-18-22-19-26(28(36)30(29(22)39-21-24)44-14-10-35(37,38)11-15-44)41-31(46)25-5-4-23(42-51(48,49)17-16-45)20-27(25)43-12-8-34(6-7-34)9-13-43/h4-5,18-21,42,45H,6-17H2,1-3H3,(H,40,47)(H,41,46). The van der Waals surface area contributed by atoms with Crippen molar-refractivity contribution in [1.82, 2.24) is 4.98 Å². The van der Waals surface area contributed by atoms with Gasteiger partial charge in [0.2, 0.25) is 10.0 Å². The van der Waals surface area contributed by atoms with Crippen molar-refractivity contribution in [2.75, 3.05) is 63.7 Å². The highest BCUT2D eigenvalue weighted by Gasteiger charge is 2.45. The van der Waals surface area contributed by atoms with Gasteiger partial charge in [-0.15, -0.1) is 0 Å². The number of pyridine rings is 1. The summed E-state index contributed by atoms with van der Waals surface area (Å²) in [4.78, 5) is 34.4. The number of anilines is 5. The molecule has 1 spiro atoms. The first-order valence-electron chi connectivity index (χ1n) is 17.0. The number of carbonyl (C=O) groups excluding carboxylic acids is 2. The quantitative estimate of drug-likeness (QED) is 0.198. The smallest absolute Gasteiger partial charge is 0.412 e. The lowest BCUT2D eigenvalue weighted by molar-refractivity contribution is -0.0221. The lowest BCUT2D eigenvalue weighted by atomic mass is 9.93. The number of amides is 2. The van der Waals surface area contributed by atoms with E-state index in [0.29, 0.717) is 29.6 Å². The minimum atomic E-state index is -3.85. The molecule has 0 bridgehead atoms. The molecule has 1 aliphatic carbocycles. The number of aromatic nitrogens is 1. The third kappa shape index (κ3) is 8.60. The van der Waals surface area contributed by atoms with Gasteiger partial charge < -0.3 is 25.0 Å². The van der Waals surface area contributed by atoms with Crippen LogP contribution in [-0.2, 0) is 14.8 Å². The number of hydrogen-bond acceptors (Lipinski definition) is 9. The van der Waals surface area contributed by atoms with Crippen LogP contribution in [0.1, 0.15) is 69.7 Å². The molecule has 12 nitrogen and oxygen atoms in total. The van der Waals surface area contributed by atoms with Crippen LogP contribution in [0, 0.1) is 11.2 Å². The Balaban J connectivity index is 1.36. The SMILES string of the molecule is CC(C)(C)OC(=O)Nc1cnc2c(N3CCC(F)(F)CC3)c(F)c(NC(=O)c3ccc(NS(=O)(=O)CCO)cc3N3CCC4(CC3)CC4)cc2c1. The fourth-order valence-electron chi connectivity index (χ4n) is 6.65. The number of carbonyl (C=O) groups is 2. The third-order valence-electron chi connectivity index (χ3n) is 9.59. The topological polar surface area (TPSA) is 153 Å². The monoisotopic (exact) mass is 732 g/mol. The van der Waals surface area contributed by atoms with Crippen molar-refractivity contribution in [2.45, 2.75) is 70.8 Å². The molecule has 3 fully saturated rings. The van der Waals surface area contributed by atoms with Crippen molar-refractivity contribution in [2.24, 2.45) is 5.41 Å². The maximum atomic E-state index is 16.5. The highest BCUT2D eigenvalue weighted by atomic mass is 32.2. The van der Waals surface area contributed by atoms with Gasteiger partial charge in [-0.2, -0.15) is 0 Å². The maximum Gasteiger partial charge on any atom is 0.412 e. The number of benzene rings is 2. The van der Waals surface area contributed by atoms with E-state index in [0.717, 1.165) is 25.7 Å². The first kappa shape index (κ1) is 36.5. The van der Waals surface area contributed by atoms with E-state index in [2.05, 4.69) is 20.3 Å². The zero-order valence-corrected chi connectivity index (χ0v) is 29.6. The van der Waals surface area contributed by atoms with Crippen LogP contribution in [0.25, 0.3) is 10.9 Å². The summed E-state index contributed by atoms with van der Waals surface area (Å²) in [5.41, 5.74) is 0.484. The molecule has 3 heterocycles. The van der Waals surface area contributed by atoms with E-state index in [-0.39, 0.29) is 46.9 Å². The van der Waals surface area contributed by atoms with Gasteiger partial charge in [0, 0.05) is 44.4 Å². The number of ether oxygens (including phenoxy) is 1. The lowest BCUT2D eigenvalue weighted by Gasteiger charge is -2.35. The fourth-order valence-corrected chi connectivity index (χ4v) is 7.48. The summed E-state index contributed by atoms with van der Waals surface area (Å²) < 4.78 is 77.5. The van der Waals surface area contributed by atoms with Crippen LogP contribution in [-0.4, -0.2) is 80.6 Å². The zero-order valence-electron chi connectivity index (χ0n) is 28.8. The van der Waals surface area contributed by atoms with Crippen molar-refractivity contribution in [3.63, 3.8) is 0 Å². The predicted octanol–water partition coefficient (Wildman–Crippen LogP) is 6.32. The number of hydrogen-bond donors (Lipinski definition) is 4. The molecule has 0 radical (unpaired) electrons. The molecular weight excluding hydrogens is 689 g/mol. The number of sulfonamides is 1. The van der Waals surface area contributed by atoms with E-state index in [9.17, 15) is 31.9 Å². The number of nitrogens with zero attached hydrogens (tertiary/aromatic N) is 3. The summed E-state index contributed by atoms with van der Waals surface area (Å²) in [6.45, 7) is 5.54. The first-order chi connectivity index (χ1) is 24.0. The minimum Gasteiger partial charge on any atom is -0.444 e. The molecular formula is C35H43F3N6O6S. The van der Waals surface area contributed by atoms with Crippen LogP contribution >= 0.6 is 0 Å². The van der Waals surface area contributed by atoms with Crippen LogP contribution in [0.15, 0.2) is 36.5 Å². The molecule has 1 saturated carbocycles. The zero-order chi connectivity index (χ0) is 36.8. The molecule has 2 amide bonds. The normalized spacial score (nSPS) is 18.4. The molecule has 3 aliphatic rings. The molecule has 51 heavy (non-hydrogen) atoms. The van der Waals surface area contributed by atoms with Crippen LogP contribution in [0.5, 0.6) is 0 Å². The van der Waals surface area contributed by atoms with Crippen LogP contribution in [0.4, 0.5) is 46.4 Å². The second-order valence-electron chi connectivity index (χ2n) is 14.7. The van der Waals surface area contributed by atoms with E-state index in [1.54, 1.807) is 26.8 Å². The number of rotatable bonds is 9. The Bertz CT molecular complexity index is 1930. The van der Waals surface area contributed by atoms with Gasteiger partial charge in [0.25, 0.3) is 11.8 Å². The van der Waals surface area contributed by atoms with E-state index < -0.39 is 64.6 Å². The molecule has 2 aliphatic heterocycles. The predicted molar refractivity (Wildman–Crippen MR) is 190 cm³/mol. The molecule has 6 rings (SSSR count). The second-order valence-corrected chi connectivity index (χ2v) is 16.5. The highest BCUT2D eigenvalue weighted by molar-refractivity contribution is 7.92. The van der Waals surface area contributed by atoms with Gasteiger partial charge in [-0.05, 0) is 82.2 Å². The molecule has 276 valence electrons. The Labute approximate surface area is 294 Å². The second kappa shape index (κ2) is 13.7. The largest absolute Gasteiger partial charge is 0.444 e. The lowest BCUT2D eigenvalue weighted by Crippen LogP contribution is -2.40. The number of nitrogens with one attached hydrogen (secondary N) is 3. The average Bonchev–Trinajstić information content (AvgIpc) is 3.79. The Morgan fingerprint density at radius 1 is 0.941 bits per heavy atom. The van der Waals surface area contributed by atoms with Gasteiger partial charge in [0.05, 0.1) is 52.4 Å². The molecule has 16 heteroatoms. The van der Waals surface area contributed by atoms with Gasteiger partial charge in [-0.25, -0.2) is 26.4 Å². The number of aliphatic hydroxyl groups excluding tert-OH is 1. The Morgan fingerprint density at radius 2 is 1.61 bits per heavy atom. The molecule has 2 saturated heterocycles. The van der Waals surface area contributed by atoms with Gasteiger partial charge in [0.15, 0.2) is 5.82 Å². The van der Waals surface area contributed by atoms with Crippen molar-refractivity contribution in [3.8, 4) is 0 Å². The summed E-state index contributed by atoms with van der Waals surface area (Å²) in [6, 6.07) is 7.34. The van der Waals surface area contributed by atoms with Crippen molar-refractivity contribution in [3.05, 3.63) is 47.9 Å². The van der Waals surface area contributed by atoms with Gasteiger partial charge in [-0.3, -0.25) is 19.8 Å². The molecule has 1 aromatic heterocycles. The summed E-state index contributed by atoms with van der Waals surface area (Å²) in [6.07, 6.45) is 3.73. The molecule has 0 atom stereocenters. The molecule has 0 unspecified atom stereocenters. The van der Waals surface area contributed by atoms with Crippen molar-refractivity contribution >= 4 is 61.4 Å². The van der Waals surface area contributed by atoms with Crippen LogP contribution in [0.3, 0.4) is 0 Å². The minimum absolute atomic E-state index is 0.0539. The Kier molecular flexibility index (Phi) is 9.78. The number of halogens is 3. The third-order valence-corrected chi connectivity index (χ3v) is 10.9. The summed E-state index contributed by atoms with van der Waals surface area (Å²) in [5.74, 6) is -4.93. The first-order valence-corrected chi connectivity index (χ1v) is 18.7. The maximum absolute atomic E-state index is 16.5. The van der Waals surface area contributed by atoms with E-state index >= 15 is 4.39 Å². The molecule has 4 N–H and O–H groups in total. The highest BCUT2D eigenvalue weighted by Crippen LogP contribution is 2.54. The van der Waals surface area contributed by atoms with Crippen LogP contribution < -0.4 is 25.2 Å². The van der Waals surface area contributed by atoms with Crippen molar-refractivity contribution in [1.29, 1.82) is 0 Å². The van der Waals surface area contributed by atoms with Crippen molar-refractivity contribution < 1.29 is 41.0 Å². The summed E-state index contributed by atoms with van der Waals surface area (Å²) in [5, 5.41) is 14.8. The van der Waals surface area contributed by atoms with Gasteiger partial charge in [0.1, 0.15) is 11.3 Å². The summed E-state index contributed by atoms with van der Waals surface area (Å²) >= 11 is 0. The number of alkyl halides is 2. The van der Waals surface area contributed by atoms with Gasteiger partial charge >= 0.3 is 6.09 Å². The average molecular weight is 733 g/mol. The van der Waals surface area contributed by atoms with E-state index in [1.165, 1.54) is 35.4 Å². The Hall–Kier alpha value is -4.31. The molecule has 3 aromatic rings. The number of fused-ring (bicyclic) bond motifs is 1. The summed E-state index contributed by atoms with van der Waals surface area (Å²) in [7, 11) is -3.85. The van der Waals surface area contributed by atoms with E-state index in [4.69, 9.17) is 4.74 Å². The fraction of sp³-hybridized carbons (Fsp3) is 0.514. The van der Waals surface area contributed by atoms with E-state index in [1.807, 2.05) is 4.90 Å². The number of piperidine rings is 2. The Morgan fingerprint density at radius 3 is 2.24 bits per heavy atom. The van der Waals surface area contributed by atoms with Gasteiger partial charge in [-0.1, -0.05) is 0 Å². The van der Waals surface area contributed by atoms with Crippen LogP contribution in [0.2, 0.25) is 0 Å². The number of aliphatic hydroxyl groups is 1.